The average molecular weight is 86.9 g/mol. The van der Waals surface area contributed by atoms with Crippen LogP contribution < -0.4 is 5.48 Å². The molecule has 0 saturated carbocycles. The van der Waals surface area contributed by atoms with Crippen molar-refractivity contribution >= 4 is 7.85 Å². The third-order valence-electron chi connectivity index (χ3n) is 0.354. The van der Waals surface area contributed by atoms with Gasteiger partial charge in [-0.2, -0.15) is 0 Å². The first kappa shape index (κ1) is 5.98. The molecule has 0 aliphatic heterocycles. The molecule has 0 radical (unpaired) electrons. The number of hydrogen-bond donors (Lipinski definition) is 1. The summed E-state index contributed by atoms with van der Waals surface area (Å²) in [6.45, 7) is 2.02. The van der Waals surface area contributed by atoms with Gasteiger partial charge < -0.3 is 4.84 Å². The molecule has 2 nitrogen and oxygen atoms in total. The quantitative estimate of drug-likeness (QED) is 0.348. The molecule has 6 heavy (non-hydrogen) atoms. The third kappa shape index (κ3) is 3.98. The van der Waals surface area contributed by atoms with Crippen LogP contribution in [0.15, 0.2) is 0 Å². The fourth-order valence-corrected chi connectivity index (χ4v) is 0.236. The van der Waals surface area contributed by atoms with E-state index in [0.717, 1.165) is 0 Å². The predicted octanol–water partition coefficient (Wildman–Crippen LogP) is -0.884. The van der Waals surface area contributed by atoms with Crippen LogP contribution in [0.2, 0.25) is 0 Å². The van der Waals surface area contributed by atoms with Crippen LogP contribution in [0.25, 0.3) is 0 Å². The second-order valence-electron chi connectivity index (χ2n) is 1.48. The van der Waals surface area contributed by atoms with Gasteiger partial charge in [0.05, 0.1) is 7.11 Å². The zero-order valence-electron chi connectivity index (χ0n) is 4.49. The van der Waals surface area contributed by atoms with Crippen LogP contribution in [0.3, 0.4) is 0 Å². The Morgan fingerprint density at radius 2 is 2.33 bits per heavy atom. The SMILES string of the molecule is BC(C)NOC. The van der Waals surface area contributed by atoms with E-state index in [4.69, 9.17) is 0 Å². The first-order chi connectivity index (χ1) is 2.77. The second-order valence-corrected chi connectivity index (χ2v) is 1.48. The van der Waals surface area contributed by atoms with E-state index in [1.54, 1.807) is 7.11 Å². The lowest BCUT2D eigenvalue weighted by atomic mass is 10.0. The molecule has 0 bridgehead atoms. The van der Waals surface area contributed by atoms with Gasteiger partial charge in [0.2, 0.25) is 0 Å². The van der Waals surface area contributed by atoms with Crippen molar-refractivity contribution in [2.24, 2.45) is 0 Å². The van der Waals surface area contributed by atoms with E-state index >= 15 is 0 Å². The third-order valence-corrected chi connectivity index (χ3v) is 0.354. The van der Waals surface area contributed by atoms with Crippen molar-refractivity contribution in [2.75, 3.05) is 7.11 Å². The van der Waals surface area contributed by atoms with Crippen LogP contribution in [-0.4, -0.2) is 20.9 Å². The minimum absolute atomic E-state index is 0.426. The molecule has 1 unspecified atom stereocenters. The standard InChI is InChI=1S/C3H10BNO/c1-3(4)5-6-2/h3,5H,4H2,1-2H3. The summed E-state index contributed by atoms with van der Waals surface area (Å²) in [5, 5.41) is 0. The van der Waals surface area contributed by atoms with Gasteiger partial charge >= 0.3 is 0 Å². The lowest BCUT2D eigenvalue weighted by molar-refractivity contribution is 0.0860. The van der Waals surface area contributed by atoms with E-state index in [0.29, 0.717) is 5.94 Å². The van der Waals surface area contributed by atoms with Gasteiger partial charge in [0.25, 0.3) is 0 Å². The van der Waals surface area contributed by atoms with Gasteiger partial charge in [-0.25, -0.2) is 5.48 Å². The molecule has 0 spiro atoms. The largest absolute Gasteiger partial charge is 0.306 e. The highest BCUT2D eigenvalue weighted by Crippen LogP contribution is 1.64. The highest BCUT2D eigenvalue weighted by molar-refractivity contribution is 6.11. The molecule has 3 heteroatoms. The van der Waals surface area contributed by atoms with Gasteiger partial charge in [-0.05, 0) is 5.94 Å². The molecular formula is C3H10BNO. The van der Waals surface area contributed by atoms with Crippen LogP contribution in [0.5, 0.6) is 0 Å². The van der Waals surface area contributed by atoms with Crippen molar-refractivity contribution in [3.8, 4) is 0 Å². The Kier molecular flexibility index (Phi) is 3.18. The van der Waals surface area contributed by atoms with Gasteiger partial charge in [0, 0.05) is 0 Å². The Balaban J connectivity index is 2.63. The van der Waals surface area contributed by atoms with Crippen LogP contribution in [0.1, 0.15) is 6.92 Å². The Hall–Kier alpha value is -0.0151. The van der Waals surface area contributed by atoms with E-state index in [-0.39, 0.29) is 0 Å². The summed E-state index contributed by atoms with van der Waals surface area (Å²) in [4.78, 5) is 4.55. The molecule has 0 aromatic rings. The summed E-state index contributed by atoms with van der Waals surface area (Å²) in [6.07, 6.45) is 0. The average Bonchev–Trinajstić information content (AvgIpc) is 1.35. The smallest absolute Gasteiger partial charge is 0.126 e. The molecule has 0 rings (SSSR count). The fourth-order valence-electron chi connectivity index (χ4n) is 0.236. The van der Waals surface area contributed by atoms with Gasteiger partial charge in [-0.3, -0.25) is 0 Å². The highest BCUT2D eigenvalue weighted by Gasteiger charge is 1.83. The van der Waals surface area contributed by atoms with Crippen LogP contribution in [0, 0.1) is 0 Å². The summed E-state index contributed by atoms with van der Waals surface area (Å²) in [6, 6.07) is 0. The molecule has 0 saturated heterocycles. The number of rotatable bonds is 2. The molecule has 0 amide bonds. The summed E-state index contributed by atoms with van der Waals surface area (Å²) < 4.78 is 0. The van der Waals surface area contributed by atoms with Gasteiger partial charge in [0.1, 0.15) is 7.85 Å². The van der Waals surface area contributed by atoms with Crippen LogP contribution in [-0.2, 0) is 4.84 Å². The minimum Gasteiger partial charge on any atom is -0.306 e. The predicted molar refractivity (Wildman–Crippen MR) is 28.2 cm³/mol. The Morgan fingerprint density at radius 3 is 2.33 bits per heavy atom. The van der Waals surface area contributed by atoms with Crippen molar-refractivity contribution in [1.29, 1.82) is 0 Å². The summed E-state index contributed by atoms with van der Waals surface area (Å²) in [5.41, 5.74) is 2.71. The monoisotopic (exact) mass is 87.1 g/mol. The second kappa shape index (κ2) is 3.19. The number of hydrogen-bond acceptors (Lipinski definition) is 2. The molecule has 1 atom stereocenters. The maximum atomic E-state index is 4.55. The highest BCUT2D eigenvalue weighted by atomic mass is 16.6. The minimum atomic E-state index is 0.426. The fraction of sp³-hybridized carbons (Fsp3) is 1.00. The molecule has 1 N–H and O–H groups in total. The first-order valence-electron chi connectivity index (χ1n) is 2.06. The summed E-state index contributed by atoms with van der Waals surface area (Å²) in [5.74, 6) is 0.426. The van der Waals surface area contributed by atoms with Gasteiger partial charge in [0.15, 0.2) is 0 Å². The van der Waals surface area contributed by atoms with Crippen LogP contribution in [0.4, 0.5) is 0 Å². The van der Waals surface area contributed by atoms with Crippen molar-refractivity contribution in [3.05, 3.63) is 0 Å². The van der Waals surface area contributed by atoms with E-state index in [9.17, 15) is 0 Å². The Labute approximate surface area is 39.2 Å². The normalized spacial score (nSPS) is 14.3. The van der Waals surface area contributed by atoms with Crippen LogP contribution >= 0.6 is 0 Å². The van der Waals surface area contributed by atoms with E-state index in [1.807, 2.05) is 14.8 Å². The number of hydroxylamine groups is 1. The van der Waals surface area contributed by atoms with Crippen molar-refractivity contribution in [3.63, 3.8) is 0 Å². The topological polar surface area (TPSA) is 21.3 Å². The Bertz CT molecular complexity index is 32.0. The van der Waals surface area contributed by atoms with Gasteiger partial charge in [-0.1, -0.05) is 6.92 Å². The maximum absolute atomic E-state index is 4.55. The van der Waals surface area contributed by atoms with E-state index in [1.165, 1.54) is 0 Å². The van der Waals surface area contributed by atoms with E-state index < -0.39 is 0 Å². The summed E-state index contributed by atoms with van der Waals surface area (Å²) in [7, 11) is 3.63. The van der Waals surface area contributed by atoms with Crippen molar-refractivity contribution < 1.29 is 4.84 Å². The lowest BCUT2D eigenvalue weighted by Gasteiger charge is -2.01. The zero-order chi connectivity index (χ0) is 4.99. The summed E-state index contributed by atoms with van der Waals surface area (Å²) >= 11 is 0. The molecule has 0 aliphatic carbocycles. The number of nitrogens with one attached hydrogen (secondary N) is 1. The molecule has 0 aliphatic rings. The molecule has 0 fully saturated rings. The lowest BCUT2D eigenvalue weighted by Crippen LogP contribution is -2.24. The van der Waals surface area contributed by atoms with E-state index in [2.05, 4.69) is 10.3 Å². The zero-order valence-corrected chi connectivity index (χ0v) is 4.49. The Morgan fingerprint density at radius 1 is 1.83 bits per heavy atom. The molecular weight excluding hydrogens is 76.9 g/mol. The van der Waals surface area contributed by atoms with Gasteiger partial charge in [-0.15, -0.1) is 0 Å². The maximum Gasteiger partial charge on any atom is 0.126 e. The molecule has 0 heterocycles. The molecule has 36 valence electrons. The van der Waals surface area contributed by atoms with Crippen molar-refractivity contribution in [2.45, 2.75) is 12.9 Å². The van der Waals surface area contributed by atoms with Crippen molar-refractivity contribution in [1.82, 2.24) is 5.48 Å². The first-order valence-corrected chi connectivity index (χ1v) is 2.06. The molecule has 0 aromatic carbocycles. The molecule has 0 aromatic heterocycles.